The van der Waals surface area contributed by atoms with Gasteiger partial charge in [-0.15, -0.1) is 0 Å². The summed E-state index contributed by atoms with van der Waals surface area (Å²) in [6.07, 6.45) is 0.335. The van der Waals surface area contributed by atoms with Crippen LogP contribution in [0.1, 0.15) is 23.1 Å². The molecular weight excluding hydrogens is 262 g/mol. The summed E-state index contributed by atoms with van der Waals surface area (Å²) in [4.78, 5) is 11.9. The molecule has 3 nitrogen and oxygen atoms in total. The highest BCUT2D eigenvalue weighted by Gasteiger charge is 2.05. The van der Waals surface area contributed by atoms with E-state index in [2.05, 4.69) is 12.2 Å². The second kappa shape index (κ2) is 6.93. The standard InChI is InChI=1S/C18H21NO2/c1-13-8-9-16(12-15(13)3)21-11-10-18(20)19-17-7-5-4-6-14(17)2/h4-9,12H,10-11H2,1-3H3,(H,19,20). The molecule has 2 aromatic rings. The quantitative estimate of drug-likeness (QED) is 0.900. The minimum Gasteiger partial charge on any atom is -0.493 e. The van der Waals surface area contributed by atoms with Gasteiger partial charge in [-0.05, 0) is 55.7 Å². The van der Waals surface area contributed by atoms with Crippen LogP contribution in [-0.2, 0) is 4.79 Å². The molecule has 2 aromatic carbocycles. The van der Waals surface area contributed by atoms with Gasteiger partial charge in [-0.3, -0.25) is 4.79 Å². The Morgan fingerprint density at radius 2 is 1.76 bits per heavy atom. The second-order valence-electron chi connectivity index (χ2n) is 5.21. The van der Waals surface area contributed by atoms with Crippen molar-refractivity contribution in [3.63, 3.8) is 0 Å². The van der Waals surface area contributed by atoms with E-state index in [0.717, 1.165) is 17.0 Å². The number of nitrogens with one attached hydrogen (secondary N) is 1. The van der Waals surface area contributed by atoms with Crippen LogP contribution in [0.3, 0.4) is 0 Å². The Labute approximate surface area is 126 Å². The summed E-state index contributed by atoms with van der Waals surface area (Å²) < 4.78 is 5.62. The molecule has 0 heterocycles. The third-order valence-corrected chi connectivity index (χ3v) is 3.50. The van der Waals surface area contributed by atoms with Gasteiger partial charge in [0.05, 0.1) is 13.0 Å². The van der Waals surface area contributed by atoms with E-state index in [0.29, 0.717) is 13.0 Å². The lowest BCUT2D eigenvalue weighted by molar-refractivity contribution is -0.116. The number of para-hydroxylation sites is 1. The molecule has 0 atom stereocenters. The molecule has 0 bridgehead atoms. The molecular formula is C18H21NO2. The van der Waals surface area contributed by atoms with Crippen LogP contribution in [0.4, 0.5) is 5.69 Å². The van der Waals surface area contributed by atoms with Crippen LogP contribution in [0, 0.1) is 20.8 Å². The van der Waals surface area contributed by atoms with Crippen molar-refractivity contribution in [3.05, 3.63) is 59.2 Å². The number of ether oxygens (including phenoxy) is 1. The van der Waals surface area contributed by atoms with E-state index in [1.54, 1.807) is 0 Å². The van der Waals surface area contributed by atoms with E-state index in [9.17, 15) is 4.79 Å². The fourth-order valence-electron chi connectivity index (χ4n) is 1.99. The van der Waals surface area contributed by atoms with Gasteiger partial charge in [-0.1, -0.05) is 24.3 Å². The van der Waals surface area contributed by atoms with Crippen LogP contribution in [0.2, 0.25) is 0 Å². The molecule has 0 aliphatic carbocycles. The van der Waals surface area contributed by atoms with Crippen molar-refractivity contribution in [1.29, 1.82) is 0 Å². The number of anilines is 1. The molecule has 0 aromatic heterocycles. The van der Waals surface area contributed by atoms with E-state index in [-0.39, 0.29) is 5.91 Å². The summed E-state index contributed by atoms with van der Waals surface area (Å²) in [5.41, 5.74) is 4.34. The van der Waals surface area contributed by atoms with Crippen molar-refractivity contribution < 1.29 is 9.53 Å². The molecule has 0 aliphatic heterocycles. The van der Waals surface area contributed by atoms with Crippen molar-refractivity contribution in [3.8, 4) is 5.75 Å². The molecule has 0 saturated heterocycles. The first-order valence-corrected chi connectivity index (χ1v) is 7.12. The Kier molecular flexibility index (Phi) is 4.99. The molecule has 1 amide bonds. The van der Waals surface area contributed by atoms with Crippen molar-refractivity contribution in [1.82, 2.24) is 0 Å². The van der Waals surface area contributed by atoms with Crippen LogP contribution in [0.25, 0.3) is 0 Å². The average molecular weight is 283 g/mol. The minimum absolute atomic E-state index is 0.0341. The van der Waals surface area contributed by atoms with Crippen LogP contribution in [0.5, 0.6) is 5.75 Å². The number of rotatable bonds is 5. The van der Waals surface area contributed by atoms with Gasteiger partial charge in [0, 0.05) is 5.69 Å². The van der Waals surface area contributed by atoms with Crippen LogP contribution in [-0.4, -0.2) is 12.5 Å². The Bertz CT molecular complexity index is 635. The van der Waals surface area contributed by atoms with Gasteiger partial charge >= 0.3 is 0 Å². The number of amides is 1. The molecule has 0 aliphatic rings. The molecule has 1 N–H and O–H groups in total. The summed E-state index contributed by atoms with van der Waals surface area (Å²) in [7, 11) is 0. The van der Waals surface area contributed by atoms with Crippen LogP contribution in [0.15, 0.2) is 42.5 Å². The highest BCUT2D eigenvalue weighted by Crippen LogP contribution is 2.17. The number of benzene rings is 2. The van der Waals surface area contributed by atoms with E-state index < -0.39 is 0 Å². The molecule has 0 radical (unpaired) electrons. The van der Waals surface area contributed by atoms with Gasteiger partial charge in [0.25, 0.3) is 0 Å². The van der Waals surface area contributed by atoms with E-state index in [1.807, 2.05) is 56.3 Å². The third-order valence-electron chi connectivity index (χ3n) is 3.50. The van der Waals surface area contributed by atoms with E-state index >= 15 is 0 Å². The average Bonchev–Trinajstić information content (AvgIpc) is 2.45. The molecule has 0 saturated carbocycles. The molecule has 0 unspecified atom stereocenters. The zero-order valence-electron chi connectivity index (χ0n) is 12.8. The van der Waals surface area contributed by atoms with Crippen molar-refractivity contribution >= 4 is 11.6 Å². The summed E-state index contributed by atoms with van der Waals surface area (Å²) in [5, 5.41) is 2.90. The summed E-state index contributed by atoms with van der Waals surface area (Å²) in [6, 6.07) is 13.7. The maximum atomic E-state index is 11.9. The molecule has 21 heavy (non-hydrogen) atoms. The van der Waals surface area contributed by atoms with Crippen LogP contribution >= 0.6 is 0 Å². The monoisotopic (exact) mass is 283 g/mol. The zero-order chi connectivity index (χ0) is 15.2. The number of carbonyl (C=O) groups is 1. The first kappa shape index (κ1) is 15.1. The number of carbonyl (C=O) groups excluding carboxylic acids is 1. The van der Waals surface area contributed by atoms with Gasteiger partial charge in [-0.25, -0.2) is 0 Å². The first-order chi connectivity index (χ1) is 10.1. The van der Waals surface area contributed by atoms with Gasteiger partial charge in [0.2, 0.25) is 5.91 Å². The van der Waals surface area contributed by atoms with Crippen molar-refractivity contribution in [2.24, 2.45) is 0 Å². The maximum Gasteiger partial charge on any atom is 0.227 e. The smallest absolute Gasteiger partial charge is 0.227 e. The minimum atomic E-state index is -0.0341. The Hall–Kier alpha value is -2.29. The lowest BCUT2D eigenvalue weighted by atomic mass is 10.1. The summed E-state index contributed by atoms with van der Waals surface area (Å²) in [6.45, 7) is 6.46. The van der Waals surface area contributed by atoms with Gasteiger partial charge in [0.1, 0.15) is 5.75 Å². The fraction of sp³-hybridized carbons (Fsp3) is 0.278. The van der Waals surface area contributed by atoms with E-state index in [4.69, 9.17) is 4.74 Å². The largest absolute Gasteiger partial charge is 0.493 e. The first-order valence-electron chi connectivity index (χ1n) is 7.12. The van der Waals surface area contributed by atoms with Crippen LogP contribution < -0.4 is 10.1 Å². The number of hydrogen-bond acceptors (Lipinski definition) is 2. The zero-order valence-corrected chi connectivity index (χ0v) is 12.8. The predicted octanol–water partition coefficient (Wildman–Crippen LogP) is 4.02. The SMILES string of the molecule is Cc1ccc(OCCC(=O)Nc2ccccc2C)cc1C. The maximum absolute atomic E-state index is 11.9. The summed E-state index contributed by atoms with van der Waals surface area (Å²) in [5.74, 6) is 0.773. The molecule has 0 spiro atoms. The fourth-order valence-corrected chi connectivity index (χ4v) is 1.99. The number of hydrogen-bond donors (Lipinski definition) is 1. The second-order valence-corrected chi connectivity index (χ2v) is 5.21. The number of aryl methyl sites for hydroxylation is 3. The third kappa shape index (κ3) is 4.35. The molecule has 0 fully saturated rings. The lowest BCUT2D eigenvalue weighted by Gasteiger charge is -2.10. The normalized spacial score (nSPS) is 10.2. The topological polar surface area (TPSA) is 38.3 Å². The Balaban J connectivity index is 1.82. The lowest BCUT2D eigenvalue weighted by Crippen LogP contribution is -2.15. The van der Waals surface area contributed by atoms with Gasteiger partial charge in [0.15, 0.2) is 0 Å². The summed E-state index contributed by atoms with van der Waals surface area (Å²) >= 11 is 0. The van der Waals surface area contributed by atoms with Crippen molar-refractivity contribution in [2.75, 3.05) is 11.9 Å². The molecule has 3 heteroatoms. The molecule has 2 rings (SSSR count). The molecule has 110 valence electrons. The Morgan fingerprint density at radius 1 is 1.00 bits per heavy atom. The Morgan fingerprint density at radius 3 is 2.48 bits per heavy atom. The highest BCUT2D eigenvalue weighted by molar-refractivity contribution is 5.91. The van der Waals surface area contributed by atoms with E-state index in [1.165, 1.54) is 11.1 Å². The van der Waals surface area contributed by atoms with Crippen molar-refractivity contribution in [2.45, 2.75) is 27.2 Å². The van der Waals surface area contributed by atoms with Gasteiger partial charge < -0.3 is 10.1 Å². The highest BCUT2D eigenvalue weighted by atomic mass is 16.5. The van der Waals surface area contributed by atoms with Gasteiger partial charge in [-0.2, -0.15) is 0 Å². The predicted molar refractivity (Wildman–Crippen MR) is 85.8 cm³/mol.